The highest BCUT2D eigenvalue weighted by Crippen LogP contribution is 2.31. The first-order chi connectivity index (χ1) is 13.0. The van der Waals surface area contributed by atoms with Gasteiger partial charge in [0.25, 0.3) is 5.91 Å². The van der Waals surface area contributed by atoms with Crippen LogP contribution in [0.1, 0.15) is 41.1 Å². The number of thiazole rings is 1. The summed E-state index contributed by atoms with van der Waals surface area (Å²) in [5, 5.41) is 3.90. The third-order valence-electron chi connectivity index (χ3n) is 4.33. The van der Waals surface area contributed by atoms with E-state index in [9.17, 15) is 4.79 Å². The number of methoxy groups -OCH3 is 1. The van der Waals surface area contributed by atoms with Crippen LogP contribution in [0.4, 0.5) is 5.69 Å². The number of amides is 1. The van der Waals surface area contributed by atoms with Crippen molar-refractivity contribution < 1.29 is 14.3 Å². The Kier molecular flexibility index (Phi) is 8.06. The van der Waals surface area contributed by atoms with Gasteiger partial charge in [-0.05, 0) is 38.6 Å². The number of ether oxygens (including phenoxy) is 2. The van der Waals surface area contributed by atoms with Crippen molar-refractivity contribution in [1.82, 2.24) is 9.88 Å². The number of likely N-dealkylation sites (N-methyl/N-ethyl adjacent to an activating group) is 1. The predicted octanol–water partition coefficient (Wildman–Crippen LogP) is 4.00. The minimum Gasteiger partial charge on any atom is -0.493 e. The average Bonchev–Trinajstić information content (AvgIpc) is 3.06. The van der Waals surface area contributed by atoms with E-state index in [0.717, 1.165) is 36.8 Å². The molecule has 0 aliphatic carbocycles. The minimum atomic E-state index is -0.149. The number of nitrogens with zero attached hydrogens (tertiary/aromatic N) is 2. The van der Waals surface area contributed by atoms with E-state index in [2.05, 4.69) is 29.0 Å². The van der Waals surface area contributed by atoms with Gasteiger partial charge < -0.3 is 19.7 Å². The molecule has 0 atom stereocenters. The van der Waals surface area contributed by atoms with Crippen molar-refractivity contribution in [2.75, 3.05) is 38.7 Å². The van der Waals surface area contributed by atoms with E-state index < -0.39 is 0 Å². The van der Waals surface area contributed by atoms with E-state index in [1.54, 1.807) is 19.2 Å². The summed E-state index contributed by atoms with van der Waals surface area (Å²) in [5.41, 5.74) is 1.43. The summed E-state index contributed by atoms with van der Waals surface area (Å²) in [6, 6.07) is 5.42. The second kappa shape index (κ2) is 10.3. The summed E-state index contributed by atoms with van der Waals surface area (Å²) >= 11 is 1.44. The van der Waals surface area contributed by atoms with Crippen LogP contribution in [0.5, 0.6) is 11.5 Å². The zero-order chi connectivity index (χ0) is 19.8. The fourth-order valence-electron chi connectivity index (χ4n) is 2.69. The number of benzene rings is 1. The van der Waals surface area contributed by atoms with Gasteiger partial charge in [0.2, 0.25) is 0 Å². The molecule has 2 aromatic rings. The van der Waals surface area contributed by atoms with Gasteiger partial charge in [-0.1, -0.05) is 20.8 Å². The van der Waals surface area contributed by atoms with Crippen molar-refractivity contribution >= 4 is 22.9 Å². The Morgan fingerprint density at radius 1 is 1.22 bits per heavy atom. The molecule has 0 fully saturated rings. The van der Waals surface area contributed by atoms with Gasteiger partial charge >= 0.3 is 0 Å². The van der Waals surface area contributed by atoms with E-state index >= 15 is 0 Å². The minimum absolute atomic E-state index is 0.149. The molecule has 0 spiro atoms. The summed E-state index contributed by atoms with van der Waals surface area (Å²) in [5.74, 6) is 1.12. The average molecular weight is 392 g/mol. The summed E-state index contributed by atoms with van der Waals surface area (Å²) in [6.45, 7) is 11.5. The standard InChI is InChI=1S/C20H29N3O3S/c1-6-18-21-14(4)19(27-18)20(24)22-15-9-10-16(25-5)17(13-15)26-12-11-23(7-2)8-3/h9-10,13H,6-8,11-12H2,1-5H3,(H,22,24). The molecule has 0 radical (unpaired) electrons. The molecule has 0 bridgehead atoms. The van der Waals surface area contributed by atoms with Gasteiger partial charge in [-0.3, -0.25) is 4.79 Å². The van der Waals surface area contributed by atoms with Gasteiger partial charge in [-0.2, -0.15) is 0 Å². The van der Waals surface area contributed by atoms with Crippen LogP contribution in [-0.2, 0) is 6.42 Å². The molecular weight excluding hydrogens is 362 g/mol. The van der Waals surface area contributed by atoms with Crippen LogP contribution in [0.3, 0.4) is 0 Å². The maximum absolute atomic E-state index is 12.6. The number of aryl methyl sites for hydroxylation is 2. The van der Waals surface area contributed by atoms with Crippen molar-refractivity contribution in [2.45, 2.75) is 34.1 Å². The largest absolute Gasteiger partial charge is 0.493 e. The quantitative estimate of drug-likeness (QED) is 0.663. The summed E-state index contributed by atoms with van der Waals surface area (Å²) in [4.78, 5) is 19.9. The van der Waals surface area contributed by atoms with Gasteiger partial charge in [0.05, 0.1) is 17.8 Å². The molecule has 0 aliphatic rings. The van der Waals surface area contributed by atoms with Gasteiger partial charge in [-0.15, -0.1) is 11.3 Å². The maximum Gasteiger partial charge on any atom is 0.267 e. The molecule has 27 heavy (non-hydrogen) atoms. The van der Waals surface area contributed by atoms with E-state index in [1.165, 1.54) is 11.3 Å². The first kappa shape index (κ1) is 21.2. The Morgan fingerprint density at radius 3 is 2.56 bits per heavy atom. The van der Waals surface area contributed by atoms with Crippen molar-refractivity contribution in [3.63, 3.8) is 0 Å². The van der Waals surface area contributed by atoms with Crippen LogP contribution in [0, 0.1) is 6.92 Å². The molecule has 148 valence electrons. The monoisotopic (exact) mass is 391 g/mol. The lowest BCUT2D eigenvalue weighted by Crippen LogP contribution is -2.28. The fourth-order valence-corrected chi connectivity index (χ4v) is 3.59. The first-order valence-electron chi connectivity index (χ1n) is 9.33. The molecule has 7 heteroatoms. The third kappa shape index (κ3) is 5.68. The number of anilines is 1. The third-order valence-corrected chi connectivity index (χ3v) is 5.63. The molecular formula is C20H29N3O3S. The zero-order valence-corrected chi connectivity index (χ0v) is 17.6. The van der Waals surface area contributed by atoms with Crippen molar-refractivity contribution in [3.8, 4) is 11.5 Å². The molecule has 0 saturated heterocycles. The first-order valence-corrected chi connectivity index (χ1v) is 10.1. The molecule has 1 amide bonds. The van der Waals surface area contributed by atoms with Crippen molar-refractivity contribution in [3.05, 3.63) is 33.8 Å². The van der Waals surface area contributed by atoms with Crippen LogP contribution in [0.25, 0.3) is 0 Å². The number of carbonyl (C=O) groups excluding carboxylic acids is 1. The molecule has 0 saturated carbocycles. The number of carbonyl (C=O) groups is 1. The predicted molar refractivity (Wildman–Crippen MR) is 110 cm³/mol. The Balaban J connectivity index is 2.08. The number of hydrogen-bond acceptors (Lipinski definition) is 6. The second-order valence-electron chi connectivity index (χ2n) is 6.07. The number of hydrogen-bond donors (Lipinski definition) is 1. The topological polar surface area (TPSA) is 63.7 Å². The van der Waals surface area contributed by atoms with Crippen LogP contribution in [0.2, 0.25) is 0 Å². The zero-order valence-electron chi connectivity index (χ0n) is 16.8. The van der Waals surface area contributed by atoms with Gasteiger partial charge in [0.15, 0.2) is 11.5 Å². The Hall–Kier alpha value is -2.12. The number of aromatic nitrogens is 1. The molecule has 1 aromatic carbocycles. The van der Waals surface area contributed by atoms with E-state index in [0.29, 0.717) is 28.7 Å². The second-order valence-corrected chi connectivity index (χ2v) is 7.15. The molecule has 2 rings (SSSR count). The molecule has 1 N–H and O–H groups in total. The summed E-state index contributed by atoms with van der Waals surface area (Å²) < 4.78 is 11.3. The van der Waals surface area contributed by atoms with Crippen LogP contribution in [0.15, 0.2) is 18.2 Å². The Labute approximate surface area is 165 Å². The molecule has 1 aromatic heterocycles. The molecule has 0 unspecified atom stereocenters. The lowest BCUT2D eigenvalue weighted by Gasteiger charge is -2.19. The summed E-state index contributed by atoms with van der Waals surface area (Å²) in [6.07, 6.45) is 0.825. The lowest BCUT2D eigenvalue weighted by atomic mass is 10.2. The number of nitrogens with one attached hydrogen (secondary N) is 1. The lowest BCUT2D eigenvalue weighted by molar-refractivity contribution is 0.103. The fraction of sp³-hybridized carbons (Fsp3) is 0.500. The van der Waals surface area contributed by atoms with Crippen molar-refractivity contribution in [2.24, 2.45) is 0 Å². The van der Waals surface area contributed by atoms with Crippen LogP contribution < -0.4 is 14.8 Å². The Bertz CT molecular complexity index is 757. The molecule has 0 aliphatic heterocycles. The van der Waals surface area contributed by atoms with Gasteiger partial charge in [0, 0.05) is 18.3 Å². The van der Waals surface area contributed by atoms with Gasteiger partial charge in [0.1, 0.15) is 11.5 Å². The SMILES string of the molecule is CCc1nc(C)c(C(=O)Nc2ccc(OC)c(OCCN(CC)CC)c2)s1. The smallest absolute Gasteiger partial charge is 0.267 e. The van der Waals surface area contributed by atoms with Crippen molar-refractivity contribution in [1.29, 1.82) is 0 Å². The highest BCUT2D eigenvalue weighted by molar-refractivity contribution is 7.13. The van der Waals surface area contributed by atoms with E-state index in [-0.39, 0.29) is 5.91 Å². The summed E-state index contributed by atoms with van der Waals surface area (Å²) in [7, 11) is 1.61. The Morgan fingerprint density at radius 2 is 1.96 bits per heavy atom. The normalized spacial score (nSPS) is 10.9. The van der Waals surface area contributed by atoms with Crippen LogP contribution in [-0.4, -0.2) is 49.1 Å². The highest BCUT2D eigenvalue weighted by Gasteiger charge is 2.16. The van der Waals surface area contributed by atoms with Crippen LogP contribution >= 0.6 is 11.3 Å². The molecule has 1 heterocycles. The van der Waals surface area contributed by atoms with Gasteiger partial charge in [-0.25, -0.2) is 4.98 Å². The van der Waals surface area contributed by atoms with E-state index in [1.807, 2.05) is 19.9 Å². The number of rotatable bonds is 10. The molecule has 6 nitrogen and oxygen atoms in total. The van der Waals surface area contributed by atoms with E-state index in [4.69, 9.17) is 9.47 Å². The highest BCUT2D eigenvalue weighted by atomic mass is 32.1. The maximum atomic E-state index is 12.6.